The maximum Gasteiger partial charge on any atom is 0.252 e. The third-order valence-corrected chi connectivity index (χ3v) is 2.75. The Morgan fingerprint density at radius 2 is 2.32 bits per heavy atom. The minimum Gasteiger partial charge on any atom is -0.399 e. The predicted octanol–water partition coefficient (Wildman–Crippen LogP) is 1.59. The Balaban J connectivity index is 1.90. The molecule has 19 heavy (non-hydrogen) atoms. The van der Waals surface area contributed by atoms with Gasteiger partial charge in [-0.05, 0) is 18.2 Å². The first kappa shape index (κ1) is 13.4. The van der Waals surface area contributed by atoms with Crippen LogP contribution < -0.4 is 11.1 Å². The Kier molecular flexibility index (Phi) is 4.01. The lowest BCUT2D eigenvalue weighted by Crippen LogP contribution is -2.26. The Bertz CT molecular complexity index is 597. The van der Waals surface area contributed by atoms with Crippen LogP contribution in [0.15, 0.2) is 22.7 Å². The number of hydrogen-bond donors (Lipinski definition) is 2. The van der Waals surface area contributed by atoms with Crippen molar-refractivity contribution in [3.8, 4) is 0 Å². The van der Waals surface area contributed by atoms with E-state index in [0.717, 1.165) is 0 Å². The zero-order valence-corrected chi connectivity index (χ0v) is 11.1. The second kappa shape index (κ2) is 5.71. The number of nitrogens with two attached hydrogens (primary N) is 1. The van der Waals surface area contributed by atoms with Gasteiger partial charge >= 0.3 is 0 Å². The number of amides is 1. The lowest BCUT2D eigenvalue weighted by Gasteiger charge is -2.06. The largest absolute Gasteiger partial charge is 0.399 e. The number of aryl methyl sites for hydroxylation is 1. The summed E-state index contributed by atoms with van der Waals surface area (Å²) >= 11 is 5.94. The minimum atomic E-state index is -0.259. The van der Waals surface area contributed by atoms with E-state index in [-0.39, 0.29) is 5.91 Å². The highest BCUT2D eigenvalue weighted by Crippen LogP contribution is 2.18. The average Bonchev–Trinajstić information content (AvgIpc) is 2.75. The van der Waals surface area contributed by atoms with Gasteiger partial charge in [0.25, 0.3) is 5.91 Å². The summed E-state index contributed by atoms with van der Waals surface area (Å²) in [6.45, 7) is 2.11. The molecular formula is C12H13ClN4O2. The van der Waals surface area contributed by atoms with Crippen LogP contribution in [0.1, 0.15) is 22.1 Å². The molecule has 6 nitrogen and oxygen atoms in total. The fraction of sp³-hybridized carbons (Fsp3) is 0.250. The quantitative estimate of drug-likeness (QED) is 0.829. The molecule has 2 rings (SSSR count). The molecule has 2 aromatic rings. The van der Waals surface area contributed by atoms with Gasteiger partial charge in [-0.1, -0.05) is 16.8 Å². The highest BCUT2D eigenvalue weighted by molar-refractivity contribution is 6.34. The van der Waals surface area contributed by atoms with Crippen molar-refractivity contribution in [3.63, 3.8) is 0 Å². The van der Waals surface area contributed by atoms with Crippen LogP contribution in [0.2, 0.25) is 5.02 Å². The molecule has 7 heteroatoms. The monoisotopic (exact) mass is 280 g/mol. The summed E-state index contributed by atoms with van der Waals surface area (Å²) in [5, 5.41) is 6.79. The van der Waals surface area contributed by atoms with Gasteiger partial charge in [0.2, 0.25) is 5.89 Å². The zero-order chi connectivity index (χ0) is 13.8. The Morgan fingerprint density at radius 3 is 2.95 bits per heavy atom. The maximum absolute atomic E-state index is 11.9. The predicted molar refractivity (Wildman–Crippen MR) is 70.9 cm³/mol. The van der Waals surface area contributed by atoms with Crippen molar-refractivity contribution in [2.45, 2.75) is 13.3 Å². The molecule has 1 amide bonds. The third kappa shape index (κ3) is 3.45. The van der Waals surface area contributed by atoms with Gasteiger partial charge in [0, 0.05) is 25.6 Å². The van der Waals surface area contributed by atoms with Gasteiger partial charge in [0.05, 0.1) is 10.6 Å². The number of carbonyl (C=O) groups is 1. The number of aromatic nitrogens is 2. The molecule has 0 bridgehead atoms. The van der Waals surface area contributed by atoms with E-state index >= 15 is 0 Å². The average molecular weight is 281 g/mol. The van der Waals surface area contributed by atoms with Crippen LogP contribution in [0, 0.1) is 6.92 Å². The molecule has 3 N–H and O–H groups in total. The second-order valence-corrected chi connectivity index (χ2v) is 4.38. The van der Waals surface area contributed by atoms with Crippen molar-refractivity contribution in [2.75, 3.05) is 12.3 Å². The molecule has 0 atom stereocenters. The van der Waals surface area contributed by atoms with Crippen molar-refractivity contribution in [2.24, 2.45) is 0 Å². The summed E-state index contributed by atoms with van der Waals surface area (Å²) in [7, 11) is 0. The number of rotatable bonds is 4. The number of carbonyl (C=O) groups excluding carboxylic acids is 1. The molecule has 0 fully saturated rings. The minimum absolute atomic E-state index is 0.259. The molecule has 1 aromatic heterocycles. The van der Waals surface area contributed by atoms with Crippen molar-refractivity contribution in [1.82, 2.24) is 15.5 Å². The summed E-state index contributed by atoms with van der Waals surface area (Å²) < 4.78 is 4.83. The summed E-state index contributed by atoms with van der Waals surface area (Å²) in [6, 6.07) is 4.76. The van der Waals surface area contributed by atoms with Crippen LogP contribution >= 0.6 is 11.6 Å². The van der Waals surface area contributed by atoms with E-state index in [1.807, 2.05) is 0 Å². The molecular weight excluding hydrogens is 268 g/mol. The SMILES string of the molecule is Cc1nc(CCNC(=O)c2ccc(N)cc2Cl)no1. The fourth-order valence-corrected chi connectivity index (χ4v) is 1.82. The van der Waals surface area contributed by atoms with Gasteiger partial charge in [-0.3, -0.25) is 4.79 Å². The van der Waals surface area contributed by atoms with E-state index in [4.69, 9.17) is 21.9 Å². The molecule has 1 aromatic carbocycles. The van der Waals surface area contributed by atoms with E-state index in [1.54, 1.807) is 25.1 Å². The van der Waals surface area contributed by atoms with Crippen molar-refractivity contribution >= 4 is 23.2 Å². The first-order chi connectivity index (χ1) is 9.06. The molecule has 0 aliphatic rings. The van der Waals surface area contributed by atoms with Crippen LogP contribution in [0.3, 0.4) is 0 Å². The number of nitrogens with zero attached hydrogens (tertiary/aromatic N) is 2. The fourth-order valence-electron chi connectivity index (χ4n) is 1.54. The number of benzene rings is 1. The molecule has 0 unspecified atom stereocenters. The van der Waals surface area contributed by atoms with Gasteiger partial charge in [0.15, 0.2) is 5.82 Å². The summed E-state index contributed by atoms with van der Waals surface area (Å²) in [5.41, 5.74) is 6.47. The maximum atomic E-state index is 11.9. The summed E-state index contributed by atoms with van der Waals surface area (Å²) in [4.78, 5) is 15.9. The zero-order valence-electron chi connectivity index (χ0n) is 10.3. The Morgan fingerprint density at radius 1 is 1.53 bits per heavy atom. The van der Waals surface area contributed by atoms with E-state index in [9.17, 15) is 4.79 Å². The number of nitrogen functional groups attached to an aromatic ring is 1. The number of anilines is 1. The normalized spacial score (nSPS) is 10.4. The van der Waals surface area contributed by atoms with E-state index in [0.29, 0.717) is 41.0 Å². The lowest BCUT2D eigenvalue weighted by molar-refractivity contribution is 0.0954. The van der Waals surface area contributed by atoms with Crippen molar-refractivity contribution in [1.29, 1.82) is 0 Å². The van der Waals surface area contributed by atoms with Gasteiger partial charge in [-0.2, -0.15) is 4.98 Å². The molecule has 0 saturated heterocycles. The van der Waals surface area contributed by atoms with Crippen LogP contribution in [-0.4, -0.2) is 22.6 Å². The molecule has 0 aliphatic carbocycles. The van der Waals surface area contributed by atoms with Gasteiger partial charge in [-0.15, -0.1) is 0 Å². The van der Waals surface area contributed by atoms with Crippen LogP contribution in [0.5, 0.6) is 0 Å². The number of halogens is 1. The first-order valence-corrected chi connectivity index (χ1v) is 6.06. The van der Waals surface area contributed by atoms with Gasteiger partial charge in [0.1, 0.15) is 0 Å². The van der Waals surface area contributed by atoms with Crippen molar-refractivity contribution < 1.29 is 9.32 Å². The smallest absolute Gasteiger partial charge is 0.252 e. The van der Waals surface area contributed by atoms with Gasteiger partial charge in [-0.25, -0.2) is 0 Å². The van der Waals surface area contributed by atoms with Crippen molar-refractivity contribution in [3.05, 3.63) is 40.5 Å². The molecule has 1 heterocycles. The lowest BCUT2D eigenvalue weighted by atomic mass is 10.2. The van der Waals surface area contributed by atoms with Crippen LogP contribution in [-0.2, 0) is 6.42 Å². The van der Waals surface area contributed by atoms with Gasteiger partial charge < -0.3 is 15.6 Å². The number of hydrogen-bond acceptors (Lipinski definition) is 5. The standard InChI is InChI=1S/C12H13ClN4O2/c1-7-16-11(17-19-7)4-5-15-12(18)9-3-2-8(14)6-10(9)13/h2-3,6H,4-5,14H2,1H3,(H,15,18). The summed E-state index contributed by atoms with van der Waals surface area (Å²) in [6.07, 6.45) is 0.496. The highest BCUT2D eigenvalue weighted by Gasteiger charge is 2.10. The molecule has 0 radical (unpaired) electrons. The van der Waals surface area contributed by atoms with E-state index < -0.39 is 0 Å². The Hall–Kier alpha value is -2.08. The Labute approximate surface area is 114 Å². The highest BCUT2D eigenvalue weighted by atomic mass is 35.5. The van der Waals surface area contributed by atoms with Crippen LogP contribution in [0.4, 0.5) is 5.69 Å². The molecule has 100 valence electrons. The molecule has 0 spiro atoms. The first-order valence-electron chi connectivity index (χ1n) is 5.68. The van der Waals surface area contributed by atoms with Crippen LogP contribution in [0.25, 0.3) is 0 Å². The topological polar surface area (TPSA) is 94.0 Å². The summed E-state index contributed by atoms with van der Waals surface area (Å²) in [5.74, 6) is 0.800. The molecule has 0 saturated carbocycles. The van der Waals surface area contributed by atoms with E-state index in [1.165, 1.54) is 0 Å². The molecule has 0 aliphatic heterocycles. The third-order valence-electron chi connectivity index (χ3n) is 2.44. The van der Waals surface area contributed by atoms with E-state index in [2.05, 4.69) is 15.5 Å². The number of nitrogens with one attached hydrogen (secondary N) is 1. The second-order valence-electron chi connectivity index (χ2n) is 3.97.